The molecule has 146 valence electrons. The maximum absolute atomic E-state index is 12.4. The van der Waals surface area contributed by atoms with Crippen molar-refractivity contribution in [1.29, 1.82) is 0 Å². The fourth-order valence-corrected chi connectivity index (χ4v) is 3.31. The molecule has 0 aliphatic rings. The molecule has 1 aromatic carbocycles. The van der Waals surface area contributed by atoms with E-state index in [0.29, 0.717) is 12.1 Å². The monoisotopic (exact) mass is 373 g/mol. The summed E-state index contributed by atoms with van der Waals surface area (Å²) in [6, 6.07) is 7.18. The van der Waals surface area contributed by atoms with Gasteiger partial charge in [-0.25, -0.2) is 4.79 Å². The zero-order valence-electron chi connectivity index (χ0n) is 16.4. The molecule has 1 aromatic heterocycles. The predicted molar refractivity (Wildman–Crippen MR) is 103 cm³/mol. The van der Waals surface area contributed by atoms with Crippen molar-refractivity contribution in [3.05, 3.63) is 57.5 Å². The Morgan fingerprint density at radius 3 is 2.52 bits per heavy atom. The van der Waals surface area contributed by atoms with Gasteiger partial charge in [-0.1, -0.05) is 33.8 Å². The SMILES string of the molecule is Cc1cc(CC(C)CC(C)(C)C)n(OC(=O)c2cccc(O)c2O)c(=O)c1. The van der Waals surface area contributed by atoms with Crippen LogP contribution in [-0.2, 0) is 6.42 Å². The highest BCUT2D eigenvalue weighted by Crippen LogP contribution is 2.29. The molecule has 2 rings (SSSR count). The molecule has 2 N–H and O–H groups in total. The second-order valence-electron chi connectivity index (χ2n) is 8.28. The summed E-state index contributed by atoms with van der Waals surface area (Å²) in [6.45, 7) is 10.4. The number of phenols is 2. The van der Waals surface area contributed by atoms with Crippen molar-refractivity contribution in [2.24, 2.45) is 11.3 Å². The molecule has 6 heteroatoms. The van der Waals surface area contributed by atoms with Crippen LogP contribution in [0.2, 0.25) is 0 Å². The van der Waals surface area contributed by atoms with Crippen molar-refractivity contribution in [3.8, 4) is 11.5 Å². The number of aromatic hydroxyl groups is 2. The van der Waals surface area contributed by atoms with E-state index in [9.17, 15) is 19.8 Å². The average Bonchev–Trinajstić information content (AvgIpc) is 2.51. The molecule has 0 saturated heterocycles. The number of rotatable bonds is 5. The molecule has 1 unspecified atom stereocenters. The third kappa shape index (κ3) is 5.36. The highest BCUT2D eigenvalue weighted by molar-refractivity contribution is 5.93. The number of pyridine rings is 1. The summed E-state index contributed by atoms with van der Waals surface area (Å²) in [5.41, 5.74) is 0.839. The smallest absolute Gasteiger partial charge is 0.367 e. The van der Waals surface area contributed by atoms with Gasteiger partial charge in [-0.05, 0) is 54.9 Å². The van der Waals surface area contributed by atoms with Crippen LogP contribution in [0.3, 0.4) is 0 Å². The second-order valence-corrected chi connectivity index (χ2v) is 8.28. The lowest BCUT2D eigenvalue weighted by molar-refractivity contribution is 0.0418. The van der Waals surface area contributed by atoms with E-state index in [2.05, 4.69) is 27.7 Å². The van der Waals surface area contributed by atoms with Crippen LogP contribution in [0.15, 0.2) is 35.1 Å². The van der Waals surface area contributed by atoms with Gasteiger partial charge in [0.25, 0.3) is 5.56 Å². The topological polar surface area (TPSA) is 88.8 Å². The Balaban J connectivity index is 2.34. The second kappa shape index (κ2) is 7.86. The third-order valence-corrected chi connectivity index (χ3v) is 4.13. The first-order chi connectivity index (χ1) is 12.5. The number of phenolic OH excluding ortho intramolecular Hbond substituents is 2. The molecule has 0 saturated carbocycles. The first-order valence-electron chi connectivity index (χ1n) is 8.94. The minimum atomic E-state index is -0.918. The van der Waals surface area contributed by atoms with Crippen LogP contribution < -0.4 is 10.4 Å². The molecule has 2 aromatic rings. The highest BCUT2D eigenvalue weighted by Gasteiger charge is 2.21. The lowest BCUT2D eigenvalue weighted by Gasteiger charge is -2.24. The zero-order valence-corrected chi connectivity index (χ0v) is 16.4. The van der Waals surface area contributed by atoms with Gasteiger partial charge in [-0.2, -0.15) is 0 Å². The van der Waals surface area contributed by atoms with Crippen LogP contribution in [0.5, 0.6) is 11.5 Å². The van der Waals surface area contributed by atoms with Gasteiger partial charge in [0, 0.05) is 6.07 Å². The Labute approximate surface area is 159 Å². The summed E-state index contributed by atoms with van der Waals surface area (Å²) in [5, 5.41) is 19.4. The number of para-hydroxylation sites is 1. The third-order valence-electron chi connectivity index (χ3n) is 4.13. The van der Waals surface area contributed by atoms with Crippen molar-refractivity contribution in [1.82, 2.24) is 4.73 Å². The zero-order chi connectivity index (χ0) is 20.4. The van der Waals surface area contributed by atoms with E-state index in [-0.39, 0.29) is 16.9 Å². The van der Waals surface area contributed by atoms with Gasteiger partial charge in [0.05, 0.1) is 5.69 Å². The van der Waals surface area contributed by atoms with Crippen LogP contribution in [0.1, 0.15) is 55.7 Å². The minimum absolute atomic E-state index is 0.137. The molecule has 1 atom stereocenters. The van der Waals surface area contributed by atoms with Crippen LogP contribution in [-0.4, -0.2) is 20.9 Å². The molecular formula is C21H27NO5. The molecule has 0 spiro atoms. The first-order valence-corrected chi connectivity index (χ1v) is 8.94. The molecule has 0 amide bonds. The molecule has 0 fully saturated rings. The van der Waals surface area contributed by atoms with Gasteiger partial charge in [0.1, 0.15) is 5.56 Å². The molecule has 0 radical (unpaired) electrons. The minimum Gasteiger partial charge on any atom is -0.504 e. The summed E-state index contributed by atoms with van der Waals surface area (Å²) >= 11 is 0. The molecule has 27 heavy (non-hydrogen) atoms. The Kier molecular flexibility index (Phi) is 5.98. The van der Waals surface area contributed by atoms with Crippen molar-refractivity contribution in [2.75, 3.05) is 0 Å². The number of hydrogen-bond acceptors (Lipinski definition) is 5. The number of nitrogens with zero attached hydrogens (tertiary/aromatic N) is 1. The van der Waals surface area contributed by atoms with Crippen molar-refractivity contribution >= 4 is 5.97 Å². The summed E-state index contributed by atoms with van der Waals surface area (Å²) in [7, 11) is 0. The maximum atomic E-state index is 12.4. The Bertz CT molecular complexity index is 892. The number of aryl methyl sites for hydroxylation is 1. The molecule has 0 aliphatic heterocycles. The van der Waals surface area contributed by atoms with Crippen LogP contribution in [0.4, 0.5) is 0 Å². The van der Waals surface area contributed by atoms with E-state index in [1.54, 1.807) is 0 Å². The normalized spacial score (nSPS) is 12.6. The number of carbonyl (C=O) groups is 1. The Hall–Kier alpha value is -2.76. The summed E-state index contributed by atoms with van der Waals surface area (Å²) in [6.07, 6.45) is 1.50. The molecule has 6 nitrogen and oxygen atoms in total. The summed E-state index contributed by atoms with van der Waals surface area (Å²) in [5.74, 6) is -1.66. The van der Waals surface area contributed by atoms with Gasteiger partial charge in [-0.15, -0.1) is 4.73 Å². The van der Waals surface area contributed by atoms with Gasteiger partial charge in [-0.3, -0.25) is 4.79 Å². The average molecular weight is 373 g/mol. The first kappa shape index (κ1) is 20.6. The summed E-state index contributed by atoms with van der Waals surface area (Å²) < 4.78 is 0.970. The van der Waals surface area contributed by atoms with Crippen molar-refractivity contribution in [3.63, 3.8) is 0 Å². The maximum Gasteiger partial charge on any atom is 0.367 e. The lowest BCUT2D eigenvalue weighted by Crippen LogP contribution is -2.34. The Morgan fingerprint density at radius 2 is 1.89 bits per heavy atom. The van der Waals surface area contributed by atoms with E-state index >= 15 is 0 Å². The number of aromatic nitrogens is 1. The largest absolute Gasteiger partial charge is 0.504 e. The molecule has 0 aliphatic carbocycles. The fourth-order valence-electron chi connectivity index (χ4n) is 3.31. The molecule has 0 bridgehead atoms. The fraction of sp³-hybridized carbons (Fsp3) is 0.429. The van der Waals surface area contributed by atoms with Gasteiger partial charge in [0.15, 0.2) is 11.5 Å². The van der Waals surface area contributed by atoms with Crippen LogP contribution in [0, 0.1) is 18.3 Å². The standard InChI is InChI=1S/C21H27NO5/c1-13-9-15(10-14(2)12-21(3,4)5)22(18(24)11-13)27-20(26)16-7-6-8-17(23)19(16)25/h6-9,11,14,23,25H,10,12H2,1-5H3. The Morgan fingerprint density at radius 1 is 1.22 bits per heavy atom. The predicted octanol–water partition coefficient (Wildman–Crippen LogP) is 3.45. The van der Waals surface area contributed by atoms with E-state index in [4.69, 9.17) is 4.84 Å². The van der Waals surface area contributed by atoms with Crippen molar-refractivity contribution in [2.45, 2.75) is 47.5 Å². The number of carbonyl (C=O) groups excluding carboxylic acids is 1. The van der Waals surface area contributed by atoms with E-state index in [1.807, 2.05) is 13.0 Å². The van der Waals surface area contributed by atoms with Gasteiger partial charge in [0.2, 0.25) is 0 Å². The number of benzene rings is 1. The molecular weight excluding hydrogens is 346 g/mol. The van der Waals surface area contributed by atoms with Crippen LogP contribution >= 0.6 is 0 Å². The van der Waals surface area contributed by atoms with Crippen molar-refractivity contribution < 1.29 is 19.8 Å². The van der Waals surface area contributed by atoms with E-state index in [0.717, 1.165) is 16.7 Å². The molecule has 1 heterocycles. The quantitative estimate of drug-likeness (QED) is 0.784. The summed E-state index contributed by atoms with van der Waals surface area (Å²) in [4.78, 5) is 30.1. The van der Waals surface area contributed by atoms with Crippen LogP contribution in [0.25, 0.3) is 0 Å². The lowest BCUT2D eigenvalue weighted by atomic mass is 9.83. The highest BCUT2D eigenvalue weighted by atomic mass is 16.7. The number of hydrogen-bond donors (Lipinski definition) is 2. The van der Waals surface area contributed by atoms with E-state index < -0.39 is 23.0 Å². The van der Waals surface area contributed by atoms with E-state index in [1.165, 1.54) is 24.3 Å². The van der Waals surface area contributed by atoms with Gasteiger partial charge < -0.3 is 15.1 Å². The van der Waals surface area contributed by atoms with Gasteiger partial charge >= 0.3 is 5.97 Å².